The van der Waals surface area contributed by atoms with Crippen molar-refractivity contribution < 1.29 is 9.90 Å². The Kier molecular flexibility index (Phi) is 3.81. The normalized spacial score (nSPS) is 19.9. The SMILES string of the molecule is Cc1nc(NC(=O)N2CCC[C@@H](CO)C2)nn1C. The Morgan fingerprint density at radius 3 is 3.00 bits per heavy atom. The summed E-state index contributed by atoms with van der Waals surface area (Å²) in [5.41, 5.74) is 0. The van der Waals surface area contributed by atoms with Crippen LogP contribution in [0.25, 0.3) is 0 Å². The predicted molar refractivity (Wildman–Crippen MR) is 66.1 cm³/mol. The maximum absolute atomic E-state index is 12.0. The van der Waals surface area contributed by atoms with Crippen molar-refractivity contribution in [1.82, 2.24) is 19.7 Å². The number of likely N-dealkylation sites (tertiary alicyclic amines) is 1. The van der Waals surface area contributed by atoms with Crippen LogP contribution >= 0.6 is 0 Å². The van der Waals surface area contributed by atoms with Crippen LogP contribution in [0.4, 0.5) is 10.7 Å². The number of aliphatic hydroxyl groups is 1. The van der Waals surface area contributed by atoms with Gasteiger partial charge in [0.25, 0.3) is 0 Å². The van der Waals surface area contributed by atoms with E-state index in [0.717, 1.165) is 18.7 Å². The highest BCUT2D eigenvalue weighted by Gasteiger charge is 2.23. The molecule has 1 aromatic heterocycles. The van der Waals surface area contributed by atoms with Gasteiger partial charge >= 0.3 is 6.03 Å². The van der Waals surface area contributed by atoms with Crippen LogP contribution in [0, 0.1) is 12.8 Å². The Labute approximate surface area is 106 Å². The molecule has 0 unspecified atom stereocenters. The monoisotopic (exact) mass is 253 g/mol. The van der Waals surface area contributed by atoms with Crippen LogP contribution in [0.15, 0.2) is 0 Å². The molecule has 2 rings (SSSR count). The Balaban J connectivity index is 1.95. The third-order valence-electron chi connectivity index (χ3n) is 3.26. The van der Waals surface area contributed by atoms with Gasteiger partial charge in [-0.1, -0.05) is 0 Å². The van der Waals surface area contributed by atoms with Crippen molar-refractivity contribution in [2.45, 2.75) is 19.8 Å². The van der Waals surface area contributed by atoms with Crippen LogP contribution in [0.5, 0.6) is 0 Å². The summed E-state index contributed by atoms with van der Waals surface area (Å²) >= 11 is 0. The van der Waals surface area contributed by atoms with Crippen molar-refractivity contribution in [3.05, 3.63) is 5.82 Å². The molecule has 1 aliphatic heterocycles. The molecule has 0 radical (unpaired) electrons. The number of aryl methyl sites for hydroxylation is 2. The minimum absolute atomic E-state index is 0.130. The molecule has 1 saturated heterocycles. The van der Waals surface area contributed by atoms with E-state index in [2.05, 4.69) is 15.4 Å². The first-order chi connectivity index (χ1) is 8.60. The largest absolute Gasteiger partial charge is 0.396 e. The van der Waals surface area contributed by atoms with Crippen LogP contribution < -0.4 is 5.32 Å². The standard InChI is InChI=1S/C11H19N5O2/c1-8-12-10(14-15(8)2)13-11(18)16-5-3-4-9(6-16)7-17/h9,17H,3-7H2,1-2H3,(H,13,14,18)/t9-/m1/s1. The second-order valence-electron chi connectivity index (χ2n) is 4.67. The van der Waals surface area contributed by atoms with E-state index in [4.69, 9.17) is 5.11 Å². The lowest BCUT2D eigenvalue weighted by molar-refractivity contribution is 0.136. The lowest BCUT2D eigenvalue weighted by Gasteiger charge is -2.31. The summed E-state index contributed by atoms with van der Waals surface area (Å²) in [5, 5.41) is 15.9. The predicted octanol–water partition coefficient (Wildman–Crippen LogP) is 0.360. The first-order valence-corrected chi connectivity index (χ1v) is 6.14. The molecule has 2 heterocycles. The molecule has 1 aliphatic rings. The number of nitrogens with zero attached hydrogens (tertiary/aromatic N) is 4. The molecular weight excluding hydrogens is 234 g/mol. The van der Waals surface area contributed by atoms with Gasteiger partial charge < -0.3 is 10.0 Å². The molecular formula is C11H19N5O2. The van der Waals surface area contributed by atoms with Gasteiger partial charge in [0.2, 0.25) is 5.95 Å². The Hall–Kier alpha value is -1.63. The molecule has 1 fully saturated rings. The maximum Gasteiger partial charge on any atom is 0.324 e. The van der Waals surface area contributed by atoms with Crippen LogP contribution in [-0.4, -0.2) is 50.5 Å². The van der Waals surface area contributed by atoms with E-state index < -0.39 is 0 Å². The van der Waals surface area contributed by atoms with E-state index in [0.29, 0.717) is 19.0 Å². The second-order valence-corrected chi connectivity index (χ2v) is 4.67. The van der Waals surface area contributed by atoms with Gasteiger partial charge in [0.1, 0.15) is 5.82 Å². The summed E-state index contributed by atoms with van der Waals surface area (Å²) in [6, 6.07) is -0.196. The van der Waals surface area contributed by atoms with Gasteiger partial charge in [-0.25, -0.2) is 4.79 Å². The van der Waals surface area contributed by atoms with Gasteiger partial charge in [-0.3, -0.25) is 10.00 Å². The van der Waals surface area contributed by atoms with Crippen molar-refractivity contribution >= 4 is 12.0 Å². The molecule has 2 amide bonds. The minimum Gasteiger partial charge on any atom is -0.396 e. The molecule has 0 aliphatic carbocycles. The number of nitrogens with one attached hydrogen (secondary N) is 1. The summed E-state index contributed by atoms with van der Waals surface area (Å²) in [4.78, 5) is 17.8. The van der Waals surface area contributed by atoms with E-state index in [-0.39, 0.29) is 18.6 Å². The van der Waals surface area contributed by atoms with Gasteiger partial charge in [-0.05, 0) is 25.7 Å². The van der Waals surface area contributed by atoms with E-state index in [9.17, 15) is 4.79 Å². The van der Waals surface area contributed by atoms with Gasteiger partial charge in [-0.15, -0.1) is 5.10 Å². The number of hydrogen-bond donors (Lipinski definition) is 2. The van der Waals surface area contributed by atoms with Gasteiger partial charge in [-0.2, -0.15) is 4.98 Å². The van der Waals surface area contributed by atoms with Crippen LogP contribution in [-0.2, 0) is 7.05 Å². The number of piperidine rings is 1. The molecule has 0 aromatic carbocycles. The molecule has 18 heavy (non-hydrogen) atoms. The molecule has 7 heteroatoms. The zero-order valence-corrected chi connectivity index (χ0v) is 10.8. The fraction of sp³-hybridized carbons (Fsp3) is 0.727. The fourth-order valence-electron chi connectivity index (χ4n) is 2.09. The highest BCUT2D eigenvalue weighted by atomic mass is 16.3. The average Bonchev–Trinajstić information content (AvgIpc) is 2.68. The molecule has 100 valence electrons. The zero-order valence-electron chi connectivity index (χ0n) is 10.8. The Morgan fingerprint density at radius 1 is 1.61 bits per heavy atom. The molecule has 0 bridgehead atoms. The van der Waals surface area contributed by atoms with Crippen molar-refractivity contribution in [3.8, 4) is 0 Å². The number of aliphatic hydroxyl groups excluding tert-OH is 1. The number of anilines is 1. The third kappa shape index (κ3) is 2.79. The third-order valence-corrected chi connectivity index (χ3v) is 3.26. The summed E-state index contributed by atoms with van der Waals surface area (Å²) in [7, 11) is 1.78. The molecule has 2 N–H and O–H groups in total. The molecule has 1 atom stereocenters. The lowest BCUT2D eigenvalue weighted by Crippen LogP contribution is -2.43. The number of carbonyl (C=O) groups is 1. The first-order valence-electron chi connectivity index (χ1n) is 6.14. The van der Waals surface area contributed by atoms with Crippen molar-refractivity contribution in [2.75, 3.05) is 25.0 Å². The lowest BCUT2D eigenvalue weighted by atomic mass is 9.99. The van der Waals surface area contributed by atoms with Crippen molar-refractivity contribution in [3.63, 3.8) is 0 Å². The summed E-state index contributed by atoms with van der Waals surface area (Å²) < 4.78 is 1.61. The quantitative estimate of drug-likeness (QED) is 0.797. The smallest absolute Gasteiger partial charge is 0.324 e. The van der Waals surface area contributed by atoms with Crippen LogP contribution in [0.1, 0.15) is 18.7 Å². The number of carbonyl (C=O) groups excluding carboxylic acids is 1. The van der Waals surface area contributed by atoms with Gasteiger partial charge in [0.05, 0.1) is 0 Å². The molecule has 0 saturated carbocycles. The summed E-state index contributed by atoms with van der Waals surface area (Å²) in [6.45, 7) is 3.26. The first kappa shape index (κ1) is 12.8. The topological polar surface area (TPSA) is 83.3 Å². The van der Waals surface area contributed by atoms with Crippen molar-refractivity contribution in [1.29, 1.82) is 0 Å². The molecule has 0 spiro atoms. The Morgan fingerprint density at radius 2 is 2.39 bits per heavy atom. The Bertz CT molecular complexity index is 412. The van der Waals surface area contributed by atoms with Gasteiger partial charge in [0.15, 0.2) is 0 Å². The van der Waals surface area contributed by atoms with E-state index in [1.807, 2.05) is 6.92 Å². The number of rotatable bonds is 2. The number of amides is 2. The minimum atomic E-state index is -0.196. The number of hydrogen-bond acceptors (Lipinski definition) is 4. The van der Waals surface area contributed by atoms with Crippen LogP contribution in [0.2, 0.25) is 0 Å². The van der Waals surface area contributed by atoms with E-state index in [1.54, 1.807) is 16.6 Å². The van der Waals surface area contributed by atoms with E-state index in [1.165, 1.54) is 0 Å². The second kappa shape index (κ2) is 5.34. The highest BCUT2D eigenvalue weighted by molar-refractivity contribution is 5.87. The number of urea groups is 1. The molecule has 7 nitrogen and oxygen atoms in total. The highest BCUT2D eigenvalue weighted by Crippen LogP contribution is 2.16. The summed E-state index contributed by atoms with van der Waals surface area (Å²) in [6.07, 6.45) is 1.90. The average molecular weight is 253 g/mol. The number of aromatic nitrogens is 3. The fourth-order valence-corrected chi connectivity index (χ4v) is 2.09. The van der Waals surface area contributed by atoms with E-state index >= 15 is 0 Å². The molecule has 1 aromatic rings. The summed E-state index contributed by atoms with van der Waals surface area (Å²) in [5.74, 6) is 1.26. The van der Waals surface area contributed by atoms with Crippen molar-refractivity contribution in [2.24, 2.45) is 13.0 Å². The maximum atomic E-state index is 12.0. The zero-order chi connectivity index (χ0) is 13.1. The van der Waals surface area contributed by atoms with Crippen LogP contribution in [0.3, 0.4) is 0 Å². The van der Waals surface area contributed by atoms with Gasteiger partial charge in [0, 0.05) is 26.7 Å².